The lowest BCUT2D eigenvalue weighted by Crippen LogP contribution is -1.90. The van der Waals surface area contributed by atoms with E-state index in [2.05, 4.69) is 5.10 Å². The molecule has 0 fully saturated rings. The molecule has 0 saturated carbocycles. The van der Waals surface area contributed by atoms with Crippen molar-refractivity contribution < 1.29 is 4.74 Å². The highest BCUT2D eigenvalue weighted by Gasteiger charge is 2.04. The number of methoxy groups -OCH3 is 1. The van der Waals surface area contributed by atoms with Crippen molar-refractivity contribution in [2.24, 2.45) is 7.05 Å². The topological polar surface area (TPSA) is 53.1 Å². The van der Waals surface area contributed by atoms with Crippen molar-refractivity contribution in [3.05, 3.63) is 30.6 Å². The van der Waals surface area contributed by atoms with Crippen molar-refractivity contribution in [2.75, 3.05) is 12.8 Å². The molecule has 0 aliphatic heterocycles. The van der Waals surface area contributed by atoms with Crippen LogP contribution < -0.4 is 10.5 Å². The molecule has 16 heavy (non-hydrogen) atoms. The Bertz CT molecular complexity index is 496. The summed E-state index contributed by atoms with van der Waals surface area (Å²) in [5.74, 6) is 0.771. The standard InChI is InChI=1S/C11H13N3OS/c1-14-7-9(6-13-14)16-11-4-3-8(15-2)5-10(11)12/h3-7H,12H2,1-2H3. The van der Waals surface area contributed by atoms with Crippen LogP contribution in [0.1, 0.15) is 0 Å². The number of ether oxygens (including phenoxy) is 1. The number of nitrogen functional groups attached to an aromatic ring is 1. The van der Waals surface area contributed by atoms with Gasteiger partial charge in [-0.15, -0.1) is 0 Å². The van der Waals surface area contributed by atoms with E-state index in [1.165, 1.54) is 0 Å². The summed E-state index contributed by atoms with van der Waals surface area (Å²) in [5, 5.41) is 4.11. The SMILES string of the molecule is COc1ccc(Sc2cnn(C)c2)c(N)c1. The van der Waals surface area contributed by atoms with Crippen molar-refractivity contribution in [1.82, 2.24) is 9.78 Å². The zero-order valence-corrected chi connectivity index (χ0v) is 9.99. The van der Waals surface area contributed by atoms with Crippen LogP contribution in [-0.2, 0) is 7.05 Å². The van der Waals surface area contributed by atoms with Gasteiger partial charge in [-0.25, -0.2) is 0 Å². The maximum absolute atomic E-state index is 5.92. The lowest BCUT2D eigenvalue weighted by Gasteiger charge is -2.05. The number of nitrogens with two attached hydrogens (primary N) is 1. The number of anilines is 1. The Morgan fingerprint density at radius 2 is 2.25 bits per heavy atom. The van der Waals surface area contributed by atoms with Crippen LogP contribution in [0.3, 0.4) is 0 Å². The molecule has 0 amide bonds. The van der Waals surface area contributed by atoms with Crippen molar-refractivity contribution in [3.8, 4) is 5.75 Å². The highest BCUT2D eigenvalue weighted by molar-refractivity contribution is 7.99. The van der Waals surface area contributed by atoms with Crippen molar-refractivity contribution in [3.63, 3.8) is 0 Å². The van der Waals surface area contributed by atoms with E-state index in [0.29, 0.717) is 5.69 Å². The Kier molecular flexibility index (Phi) is 3.05. The molecule has 2 N–H and O–H groups in total. The largest absolute Gasteiger partial charge is 0.497 e. The van der Waals surface area contributed by atoms with Crippen LogP contribution in [-0.4, -0.2) is 16.9 Å². The highest BCUT2D eigenvalue weighted by atomic mass is 32.2. The van der Waals surface area contributed by atoms with E-state index >= 15 is 0 Å². The molecule has 1 heterocycles. The Morgan fingerprint density at radius 3 is 2.81 bits per heavy atom. The number of benzene rings is 1. The van der Waals surface area contributed by atoms with Gasteiger partial charge in [0.2, 0.25) is 0 Å². The van der Waals surface area contributed by atoms with Gasteiger partial charge in [-0.3, -0.25) is 4.68 Å². The van der Waals surface area contributed by atoms with Crippen LogP contribution in [0.5, 0.6) is 5.75 Å². The molecule has 0 atom stereocenters. The minimum Gasteiger partial charge on any atom is -0.497 e. The fourth-order valence-electron chi connectivity index (χ4n) is 1.32. The maximum atomic E-state index is 5.92. The molecule has 0 spiro atoms. The van der Waals surface area contributed by atoms with E-state index in [9.17, 15) is 0 Å². The van der Waals surface area contributed by atoms with E-state index in [1.807, 2.05) is 37.6 Å². The molecule has 0 aliphatic rings. The molecule has 0 bridgehead atoms. The van der Waals surface area contributed by atoms with E-state index in [-0.39, 0.29) is 0 Å². The smallest absolute Gasteiger partial charge is 0.120 e. The second-order valence-corrected chi connectivity index (χ2v) is 4.47. The van der Waals surface area contributed by atoms with Crippen LogP contribution in [0.25, 0.3) is 0 Å². The Hall–Kier alpha value is -1.62. The number of rotatable bonds is 3. The van der Waals surface area contributed by atoms with Crippen LogP contribution in [0, 0.1) is 0 Å². The minimum atomic E-state index is 0.716. The number of hydrogen-bond donors (Lipinski definition) is 1. The second kappa shape index (κ2) is 4.49. The lowest BCUT2D eigenvalue weighted by atomic mass is 10.3. The molecule has 0 radical (unpaired) electrons. The fourth-order valence-corrected chi connectivity index (χ4v) is 2.20. The van der Waals surface area contributed by atoms with Gasteiger partial charge in [0.1, 0.15) is 5.75 Å². The van der Waals surface area contributed by atoms with Crippen molar-refractivity contribution >= 4 is 17.4 Å². The second-order valence-electron chi connectivity index (χ2n) is 3.36. The highest BCUT2D eigenvalue weighted by Crippen LogP contribution is 2.33. The van der Waals surface area contributed by atoms with Crippen molar-refractivity contribution in [2.45, 2.75) is 9.79 Å². The molecule has 0 unspecified atom stereocenters. The lowest BCUT2D eigenvalue weighted by molar-refractivity contribution is 0.415. The number of aryl methyl sites for hydroxylation is 1. The van der Waals surface area contributed by atoms with Gasteiger partial charge in [0.05, 0.1) is 18.2 Å². The first-order chi connectivity index (χ1) is 7.69. The van der Waals surface area contributed by atoms with Crippen molar-refractivity contribution in [1.29, 1.82) is 0 Å². The third-order valence-electron chi connectivity index (χ3n) is 2.13. The van der Waals surface area contributed by atoms with E-state index in [0.717, 1.165) is 15.5 Å². The minimum absolute atomic E-state index is 0.716. The quantitative estimate of drug-likeness (QED) is 0.828. The molecule has 5 heteroatoms. The van der Waals surface area contributed by atoms with E-state index < -0.39 is 0 Å². The first-order valence-corrected chi connectivity index (χ1v) is 5.60. The maximum Gasteiger partial charge on any atom is 0.120 e. The Labute approximate surface area is 98.4 Å². The molecule has 0 aliphatic carbocycles. The summed E-state index contributed by atoms with van der Waals surface area (Å²) < 4.78 is 6.86. The molecule has 2 aromatic rings. The zero-order chi connectivity index (χ0) is 11.5. The van der Waals surface area contributed by atoms with Gasteiger partial charge in [0, 0.05) is 29.9 Å². The van der Waals surface area contributed by atoms with Gasteiger partial charge in [-0.05, 0) is 12.1 Å². The average Bonchev–Trinajstić information content (AvgIpc) is 2.67. The van der Waals surface area contributed by atoms with Crippen LogP contribution in [0.2, 0.25) is 0 Å². The molecule has 1 aromatic heterocycles. The summed E-state index contributed by atoms with van der Waals surface area (Å²) in [4.78, 5) is 2.08. The van der Waals surface area contributed by atoms with E-state index in [1.54, 1.807) is 23.6 Å². The normalized spacial score (nSPS) is 10.4. The predicted molar refractivity (Wildman–Crippen MR) is 64.7 cm³/mol. The molecule has 84 valence electrons. The third kappa shape index (κ3) is 2.30. The fraction of sp³-hybridized carbons (Fsp3) is 0.182. The monoisotopic (exact) mass is 235 g/mol. The van der Waals surface area contributed by atoms with Gasteiger partial charge < -0.3 is 10.5 Å². The summed E-state index contributed by atoms with van der Waals surface area (Å²) in [7, 11) is 3.52. The average molecular weight is 235 g/mol. The summed E-state index contributed by atoms with van der Waals surface area (Å²) in [5.41, 5.74) is 6.64. The zero-order valence-electron chi connectivity index (χ0n) is 9.18. The van der Waals surface area contributed by atoms with Crippen LogP contribution in [0.4, 0.5) is 5.69 Å². The Balaban J connectivity index is 2.21. The first kappa shape index (κ1) is 10.9. The summed E-state index contributed by atoms with van der Waals surface area (Å²) in [6, 6.07) is 5.67. The predicted octanol–water partition coefficient (Wildman–Crippen LogP) is 2.16. The van der Waals surface area contributed by atoms with Gasteiger partial charge >= 0.3 is 0 Å². The molecule has 4 nitrogen and oxygen atoms in total. The van der Waals surface area contributed by atoms with Crippen LogP contribution >= 0.6 is 11.8 Å². The molecule has 2 rings (SSSR count). The van der Waals surface area contributed by atoms with E-state index in [4.69, 9.17) is 10.5 Å². The number of aromatic nitrogens is 2. The van der Waals surface area contributed by atoms with Crippen LogP contribution in [0.15, 0.2) is 40.4 Å². The van der Waals surface area contributed by atoms with Gasteiger partial charge in [0.25, 0.3) is 0 Å². The number of hydrogen-bond acceptors (Lipinski definition) is 4. The summed E-state index contributed by atoms with van der Waals surface area (Å²) in [6.07, 6.45) is 3.77. The van der Waals surface area contributed by atoms with Gasteiger partial charge in [0.15, 0.2) is 0 Å². The first-order valence-electron chi connectivity index (χ1n) is 4.79. The molecule has 1 aromatic carbocycles. The Morgan fingerprint density at radius 1 is 1.44 bits per heavy atom. The molecule has 0 saturated heterocycles. The molecular formula is C11H13N3OS. The van der Waals surface area contributed by atoms with Gasteiger partial charge in [-0.1, -0.05) is 11.8 Å². The molecular weight excluding hydrogens is 222 g/mol. The summed E-state index contributed by atoms with van der Waals surface area (Å²) in [6.45, 7) is 0. The third-order valence-corrected chi connectivity index (χ3v) is 3.16. The summed E-state index contributed by atoms with van der Waals surface area (Å²) >= 11 is 1.59. The number of nitrogens with zero attached hydrogens (tertiary/aromatic N) is 2. The van der Waals surface area contributed by atoms with Gasteiger partial charge in [-0.2, -0.15) is 5.10 Å².